The molecule has 0 bridgehead atoms. The van der Waals surface area contributed by atoms with Gasteiger partial charge in [-0.1, -0.05) is 23.7 Å². The lowest BCUT2D eigenvalue weighted by molar-refractivity contribution is 0.0942. The summed E-state index contributed by atoms with van der Waals surface area (Å²) in [5.74, 6) is -0.169. The molecule has 22 heavy (non-hydrogen) atoms. The lowest BCUT2D eigenvalue weighted by Gasteiger charge is -2.06. The maximum atomic E-state index is 12.4. The second kappa shape index (κ2) is 5.77. The van der Waals surface area contributed by atoms with Crippen LogP contribution in [0, 0.1) is 6.92 Å². The van der Waals surface area contributed by atoms with Gasteiger partial charge in [0, 0.05) is 18.6 Å². The first-order valence-electron chi connectivity index (χ1n) is 6.86. The van der Waals surface area contributed by atoms with Crippen molar-refractivity contribution >= 4 is 28.4 Å². The van der Waals surface area contributed by atoms with Crippen LogP contribution < -0.4 is 5.32 Å². The van der Waals surface area contributed by atoms with Crippen LogP contribution in [-0.2, 0) is 13.6 Å². The number of hydrogen-bond donors (Lipinski definition) is 1. The van der Waals surface area contributed by atoms with E-state index in [0.29, 0.717) is 17.3 Å². The van der Waals surface area contributed by atoms with Crippen molar-refractivity contribution < 1.29 is 4.79 Å². The Labute approximate surface area is 133 Å². The smallest absolute Gasteiger partial charge is 0.268 e. The predicted octanol–water partition coefficient (Wildman–Crippen LogP) is 2.86. The van der Waals surface area contributed by atoms with Crippen molar-refractivity contribution in [2.45, 2.75) is 13.5 Å². The van der Waals surface area contributed by atoms with E-state index in [1.807, 2.05) is 38.2 Å². The number of carbonyl (C=O) groups is 1. The number of rotatable bonds is 3. The van der Waals surface area contributed by atoms with E-state index in [1.165, 1.54) is 0 Å². The zero-order valence-electron chi connectivity index (χ0n) is 12.3. The van der Waals surface area contributed by atoms with Crippen LogP contribution in [0.3, 0.4) is 0 Å². The highest BCUT2D eigenvalue weighted by Gasteiger charge is 2.14. The normalized spacial score (nSPS) is 10.9. The minimum atomic E-state index is -0.169. The van der Waals surface area contributed by atoms with Gasteiger partial charge in [-0.25, -0.2) is 0 Å². The number of nitrogens with zero attached hydrogens (tertiary/aromatic N) is 3. The fourth-order valence-corrected chi connectivity index (χ4v) is 2.67. The largest absolute Gasteiger partial charge is 0.345 e. The Morgan fingerprint density at radius 3 is 2.82 bits per heavy atom. The van der Waals surface area contributed by atoms with Gasteiger partial charge in [-0.2, -0.15) is 0 Å². The van der Waals surface area contributed by atoms with Crippen LogP contribution in [-0.4, -0.2) is 20.4 Å². The SMILES string of the molecule is Cc1cnc(CNC(=O)c2cc3cccc(Cl)c3n2C)cn1. The average molecular weight is 315 g/mol. The topological polar surface area (TPSA) is 59.8 Å². The van der Waals surface area contributed by atoms with E-state index in [-0.39, 0.29) is 5.91 Å². The molecule has 3 aromatic rings. The van der Waals surface area contributed by atoms with E-state index in [1.54, 1.807) is 17.0 Å². The third kappa shape index (κ3) is 2.67. The van der Waals surface area contributed by atoms with Crippen molar-refractivity contribution in [3.63, 3.8) is 0 Å². The fourth-order valence-electron chi connectivity index (χ4n) is 2.36. The van der Waals surface area contributed by atoms with Crippen molar-refractivity contribution in [2.75, 3.05) is 0 Å². The minimum Gasteiger partial charge on any atom is -0.345 e. The number of halogens is 1. The average Bonchev–Trinajstić information content (AvgIpc) is 2.85. The Bertz CT molecular complexity index is 839. The molecule has 0 saturated heterocycles. The zero-order valence-corrected chi connectivity index (χ0v) is 13.1. The van der Waals surface area contributed by atoms with Crippen molar-refractivity contribution in [3.8, 4) is 0 Å². The van der Waals surface area contributed by atoms with Gasteiger partial charge in [0.1, 0.15) is 5.69 Å². The van der Waals surface area contributed by atoms with Crippen LogP contribution in [0.25, 0.3) is 10.9 Å². The first-order chi connectivity index (χ1) is 10.6. The Hall–Kier alpha value is -2.40. The van der Waals surface area contributed by atoms with Crippen molar-refractivity contribution in [2.24, 2.45) is 7.05 Å². The molecule has 0 aliphatic rings. The summed E-state index contributed by atoms with van der Waals surface area (Å²) in [6.07, 6.45) is 3.34. The highest BCUT2D eigenvalue weighted by molar-refractivity contribution is 6.35. The molecule has 0 fully saturated rings. The molecule has 0 radical (unpaired) electrons. The maximum Gasteiger partial charge on any atom is 0.268 e. The number of para-hydroxylation sites is 1. The van der Waals surface area contributed by atoms with Crippen molar-refractivity contribution in [3.05, 3.63) is 58.8 Å². The molecule has 3 rings (SSSR count). The molecule has 1 amide bonds. The van der Waals surface area contributed by atoms with Gasteiger partial charge in [0.05, 0.1) is 34.7 Å². The molecule has 5 nitrogen and oxygen atoms in total. The van der Waals surface area contributed by atoms with Gasteiger partial charge < -0.3 is 9.88 Å². The molecule has 6 heteroatoms. The zero-order chi connectivity index (χ0) is 15.7. The van der Waals surface area contributed by atoms with Crippen molar-refractivity contribution in [1.82, 2.24) is 19.9 Å². The number of fused-ring (bicyclic) bond motifs is 1. The molecular weight excluding hydrogens is 300 g/mol. The molecule has 0 spiro atoms. The van der Waals surface area contributed by atoms with Gasteiger partial charge in [-0.3, -0.25) is 14.8 Å². The Morgan fingerprint density at radius 2 is 2.14 bits per heavy atom. The monoisotopic (exact) mass is 314 g/mol. The summed E-state index contributed by atoms with van der Waals surface area (Å²) in [7, 11) is 1.83. The van der Waals surface area contributed by atoms with Gasteiger partial charge in [-0.05, 0) is 19.1 Å². The number of nitrogens with one attached hydrogen (secondary N) is 1. The predicted molar refractivity (Wildman–Crippen MR) is 85.9 cm³/mol. The molecule has 2 heterocycles. The van der Waals surface area contributed by atoms with Crippen LogP contribution in [0.15, 0.2) is 36.7 Å². The minimum absolute atomic E-state index is 0.169. The summed E-state index contributed by atoms with van der Waals surface area (Å²) in [4.78, 5) is 20.7. The second-order valence-electron chi connectivity index (χ2n) is 5.10. The van der Waals surface area contributed by atoms with E-state index >= 15 is 0 Å². The molecule has 0 aliphatic carbocycles. The number of carbonyl (C=O) groups excluding carboxylic acids is 1. The lowest BCUT2D eigenvalue weighted by atomic mass is 10.2. The summed E-state index contributed by atoms with van der Waals surface area (Å²) in [6.45, 7) is 2.20. The van der Waals surface area contributed by atoms with Gasteiger partial charge in [-0.15, -0.1) is 0 Å². The number of benzene rings is 1. The van der Waals surface area contributed by atoms with Crippen LogP contribution in [0.2, 0.25) is 5.02 Å². The molecule has 112 valence electrons. The van der Waals surface area contributed by atoms with E-state index in [9.17, 15) is 4.79 Å². The van der Waals surface area contributed by atoms with Crippen molar-refractivity contribution in [1.29, 1.82) is 0 Å². The standard InChI is InChI=1S/C16H15ClN4O/c1-10-7-19-12(8-18-10)9-20-16(22)14-6-11-4-3-5-13(17)15(11)21(14)2/h3-8H,9H2,1-2H3,(H,20,22). The third-order valence-electron chi connectivity index (χ3n) is 3.50. The van der Waals surface area contributed by atoms with E-state index in [0.717, 1.165) is 22.3 Å². The van der Waals surface area contributed by atoms with Gasteiger partial charge in [0.2, 0.25) is 0 Å². The maximum absolute atomic E-state index is 12.4. The Kier molecular flexibility index (Phi) is 3.81. The summed E-state index contributed by atoms with van der Waals surface area (Å²) in [5, 5.41) is 4.42. The number of aryl methyl sites for hydroxylation is 2. The van der Waals surface area contributed by atoms with E-state index in [4.69, 9.17) is 11.6 Å². The molecular formula is C16H15ClN4O. The summed E-state index contributed by atoms with van der Waals surface area (Å²) in [5.41, 5.74) is 2.97. The van der Waals surface area contributed by atoms with E-state index in [2.05, 4.69) is 15.3 Å². The molecule has 1 N–H and O–H groups in total. The van der Waals surface area contributed by atoms with Gasteiger partial charge in [0.25, 0.3) is 5.91 Å². The van der Waals surface area contributed by atoms with Gasteiger partial charge >= 0.3 is 0 Å². The number of aromatic nitrogens is 3. The number of amides is 1. The van der Waals surface area contributed by atoms with Crippen LogP contribution >= 0.6 is 11.6 Å². The summed E-state index contributed by atoms with van der Waals surface area (Å²) >= 11 is 6.20. The first kappa shape index (κ1) is 14.5. The van der Waals surface area contributed by atoms with Crippen LogP contribution in [0.4, 0.5) is 0 Å². The summed E-state index contributed by atoms with van der Waals surface area (Å²) < 4.78 is 1.80. The quantitative estimate of drug-likeness (QED) is 0.808. The fraction of sp³-hybridized carbons (Fsp3) is 0.188. The molecule has 0 atom stereocenters. The van der Waals surface area contributed by atoms with Gasteiger partial charge in [0.15, 0.2) is 0 Å². The molecule has 0 saturated carbocycles. The number of hydrogen-bond acceptors (Lipinski definition) is 3. The molecule has 0 aliphatic heterocycles. The molecule has 0 unspecified atom stereocenters. The Balaban J connectivity index is 1.82. The molecule has 2 aromatic heterocycles. The highest BCUT2D eigenvalue weighted by Crippen LogP contribution is 2.26. The Morgan fingerprint density at radius 1 is 1.32 bits per heavy atom. The summed E-state index contributed by atoms with van der Waals surface area (Å²) in [6, 6.07) is 7.45. The first-order valence-corrected chi connectivity index (χ1v) is 7.23. The highest BCUT2D eigenvalue weighted by atomic mass is 35.5. The van der Waals surface area contributed by atoms with Crippen LogP contribution in [0.1, 0.15) is 21.9 Å². The van der Waals surface area contributed by atoms with Crippen LogP contribution in [0.5, 0.6) is 0 Å². The lowest BCUT2D eigenvalue weighted by Crippen LogP contribution is -2.25. The third-order valence-corrected chi connectivity index (χ3v) is 3.81. The molecule has 1 aromatic carbocycles. The second-order valence-corrected chi connectivity index (χ2v) is 5.51. The van der Waals surface area contributed by atoms with E-state index < -0.39 is 0 Å².